The second kappa shape index (κ2) is 5.69. The Hall–Kier alpha value is -1.11. The second-order valence-corrected chi connectivity index (χ2v) is 6.23. The summed E-state index contributed by atoms with van der Waals surface area (Å²) in [4.78, 5) is 10.8. The van der Waals surface area contributed by atoms with Gasteiger partial charge in [0.15, 0.2) is 0 Å². The van der Waals surface area contributed by atoms with Gasteiger partial charge in [-0.2, -0.15) is 0 Å². The molecule has 0 aliphatic rings. The molecule has 0 aliphatic carbocycles. The van der Waals surface area contributed by atoms with Crippen molar-refractivity contribution in [3.63, 3.8) is 0 Å². The SMILES string of the molecule is CCCN(C)S(=O)(=O)c1ccc(C(=O)O)c(Cl)c1. The molecule has 0 saturated heterocycles. The number of benzene rings is 1. The van der Waals surface area contributed by atoms with Crippen LogP contribution in [0.4, 0.5) is 0 Å². The normalized spacial score (nSPS) is 11.8. The minimum atomic E-state index is -3.61. The van der Waals surface area contributed by atoms with Crippen molar-refractivity contribution in [3.05, 3.63) is 28.8 Å². The molecule has 0 heterocycles. The molecular weight excluding hydrogens is 278 g/mol. The third-order valence-corrected chi connectivity index (χ3v) is 4.58. The van der Waals surface area contributed by atoms with E-state index >= 15 is 0 Å². The molecule has 0 fully saturated rings. The summed E-state index contributed by atoms with van der Waals surface area (Å²) in [6.07, 6.45) is 0.691. The fourth-order valence-corrected chi connectivity index (χ4v) is 3.06. The largest absolute Gasteiger partial charge is 0.478 e. The molecule has 1 N–H and O–H groups in total. The number of carbonyl (C=O) groups is 1. The summed E-state index contributed by atoms with van der Waals surface area (Å²) in [6, 6.07) is 3.60. The van der Waals surface area contributed by atoms with E-state index in [9.17, 15) is 13.2 Å². The zero-order valence-corrected chi connectivity index (χ0v) is 11.6. The number of hydrogen-bond donors (Lipinski definition) is 1. The van der Waals surface area contributed by atoms with Gasteiger partial charge in [-0.15, -0.1) is 0 Å². The van der Waals surface area contributed by atoms with Gasteiger partial charge in [0.1, 0.15) is 0 Å². The summed E-state index contributed by atoms with van der Waals surface area (Å²) in [5, 5.41) is 8.72. The van der Waals surface area contributed by atoms with Crippen LogP contribution in [-0.4, -0.2) is 37.4 Å². The van der Waals surface area contributed by atoms with Gasteiger partial charge in [-0.05, 0) is 24.6 Å². The maximum atomic E-state index is 12.1. The van der Waals surface area contributed by atoms with Gasteiger partial charge < -0.3 is 5.11 Å². The summed E-state index contributed by atoms with van der Waals surface area (Å²) in [6.45, 7) is 2.26. The number of nitrogens with zero attached hydrogens (tertiary/aromatic N) is 1. The van der Waals surface area contributed by atoms with E-state index in [-0.39, 0.29) is 15.5 Å². The molecule has 0 unspecified atom stereocenters. The Morgan fingerprint density at radius 3 is 2.50 bits per heavy atom. The zero-order chi connectivity index (χ0) is 13.9. The van der Waals surface area contributed by atoms with Crippen LogP contribution < -0.4 is 0 Å². The lowest BCUT2D eigenvalue weighted by Crippen LogP contribution is -2.27. The molecule has 0 spiro atoms. The molecule has 0 amide bonds. The maximum Gasteiger partial charge on any atom is 0.337 e. The molecule has 0 bridgehead atoms. The first-order chi connectivity index (χ1) is 8.30. The molecule has 100 valence electrons. The first kappa shape index (κ1) is 14.9. The maximum absolute atomic E-state index is 12.1. The van der Waals surface area contributed by atoms with Crippen molar-refractivity contribution in [1.82, 2.24) is 4.31 Å². The minimum Gasteiger partial charge on any atom is -0.478 e. The number of hydrogen-bond acceptors (Lipinski definition) is 3. The van der Waals surface area contributed by atoms with Crippen molar-refractivity contribution in [1.29, 1.82) is 0 Å². The third-order valence-electron chi connectivity index (χ3n) is 2.42. The number of aromatic carboxylic acids is 1. The number of halogens is 1. The van der Waals surface area contributed by atoms with Crippen molar-refractivity contribution in [3.8, 4) is 0 Å². The van der Waals surface area contributed by atoms with Gasteiger partial charge in [0.2, 0.25) is 10.0 Å². The molecule has 7 heteroatoms. The lowest BCUT2D eigenvalue weighted by atomic mass is 10.2. The van der Waals surface area contributed by atoms with Crippen LogP contribution in [0.2, 0.25) is 5.02 Å². The molecule has 0 saturated carbocycles. The van der Waals surface area contributed by atoms with E-state index in [1.165, 1.54) is 23.5 Å². The van der Waals surface area contributed by atoms with E-state index in [1.807, 2.05) is 6.92 Å². The Morgan fingerprint density at radius 2 is 2.06 bits per heavy atom. The Bertz CT molecular complexity index is 556. The van der Waals surface area contributed by atoms with Crippen LogP contribution in [0.1, 0.15) is 23.7 Å². The summed E-state index contributed by atoms with van der Waals surface area (Å²) < 4.78 is 25.4. The lowest BCUT2D eigenvalue weighted by Gasteiger charge is -2.16. The van der Waals surface area contributed by atoms with Crippen molar-refractivity contribution < 1.29 is 18.3 Å². The van der Waals surface area contributed by atoms with E-state index in [2.05, 4.69) is 0 Å². The van der Waals surface area contributed by atoms with Crippen LogP contribution in [0.15, 0.2) is 23.1 Å². The highest BCUT2D eigenvalue weighted by atomic mass is 35.5. The van der Waals surface area contributed by atoms with Crippen molar-refractivity contribution in [2.45, 2.75) is 18.2 Å². The van der Waals surface area contributed by atoms with Gasteiger partial charge >= 0.3 is 5.97 Å². The van der Waals surface area contributed by atoms with E-state index in [0.717, 1.165) is 6.07 Å². The highest BCUT2D eigenvalue weighted by molar-refractivity contribution is 7.89. The monoisotopic (exact) mass is 291 g/mol. The number of carboxylic acid groups (broad SMARTS) is 1. The van der Waals surface area contributed by atoms with E-state index in [0.29, 0.717) is 13.0 Å². The third kappa shape index (κ3) is 3.01. The van der Waals surface area contributed by atoms with Gasteiger partial charge in [0.05, 0.1) is 15.5 Å². The highest BCUT2D eigenvalue weighted by Gasteiger charge is 2.21. The Morgan fingerprint density at radius 1 is 1.44 bits per heavy atom. The van der Waals surface area contributed by atoms with Crippen LogP contribution in [-0.2, 0) is 10.0 Å². The molecule has 1 rings (SSSR count). The van der Waals surface area contributed by atoms with Crippen molar-refractivity contribution >= 4 is 27.6 Å². The molecule has 0 atom stereocenters. The zero-order valence-electron chi connectivity index (χ0n) is 10.1. The summed E-state index contributed by atoms with van der Waals surface area (Å²) in [7, 11) is -2.14. The molecule has 0 radical (unpaired) electrons. The minimum absolute atomic E-state index is 0.00606. The average molecular weight is 292 g/mol. The van der Waals surface area contributed by atoms with Crippen LogP contribution in [0.3, 0.4) is 0 Å². The predicted octanol–water partition coefficient (Wildman–Crippen LogP) is 2.07. The van der Waals surface area contributed by atoms with Gasteiger partial charge in [-0.25, -0.2) is 17.5 Å². The van der Waals surface area contributed by atoms with E-state index in [4.69, 9.17) is 16.7 Å². The highest BCUT2D eigenvalue weighted by Crippen LogP contribution is 2.22. The molecule has 18 heavy (non-hydrogen) atoms. The first-order valence-electron chi connectivity index (χ1n) is 5.30. The number of carboxylic acids is 1. The Kier molecular flexibility index (Phi) is 4.72. The van der Waals surface area contributed by atoms with Crippen LogP contribution in [0.25, 0.3) is 0 Å². The van der Waals surface area contributed by atoms with Gasteiger partial charge in [0.25, 0.3) is 0 Å². The molecule has 5 nitrogen and oxygen atoms in total. The number of rotatable bonds is 5. The topological polar surface area (TPSA) is 74.7 Å². The van der Waals surface area contributed by atoms with Gasteiger partial charge in [-0.3, -0.25) is 0 Å². The Balaban J connectivity index is 3.19. The average Bonchev–Trinajstić information content (AvgIpc) is 2.28. The summed E-state index contributed by atoms with van der Waals surface area (Å²) in [5.41, 5.74) is -0.117. The molecular formula is C11H14ClNO4S. The predicted molar refractivity (Wildman–Crippen MR) is 68.5 cm³/mol. The van der Waals surface area contributed by atoms with Crippen LogP contribution in [0, 0.1) is 0 Å². The second-order valence-electron chi connectivity index (χ2n) is 3.77. The molecule has 1 aromatic carbocycles. The fourth-order valence-electron chi connectivity index (χ4n) is 1.44. The van der Waals surface area contributed by atoms with E-state index in [1.54, 1.807) is 0 Å². The standard InChI is InChI=1S/C11H14ClNO4S/c1-3-6-13(2)18(16,17)8-4-5-9(11(14)15)10(12)7-8/h4-5,7H,3,6H2,1-2H3,(H,14,15). The molecule has 1 aromatic rings. The van der Waals surface area contributed by atoms with Crippen molar-refractivity contribution in [2.75, 3.05) is 13.6 Å². The van der Waals surface area contributed by atoms with Gasteiger partial charge in [-0.1, -0.05) is 18.5 Å². The Labute approximate surface area is 111 Å². The quantitative estimate of drug-likeness (QED) is 0.901. The smallest absolute Gasteiger partial charge is 0.337 e. The summed E-state index contributed by atoms with van der Waals surface area (Å²) in [5.74, 6) is -1.19. The fraction of sp³-hybridized carbons (Fsp3) is 0.364. The molecule has 0 aliphatic heterocycles. The van der Waals surface area contributed by atoms with Crippen LogP contribution >= 0.6 is 11.6 Å². The first-order valence-corrected chi connectivity index (χ1v) is 7.11. The van der Waals surface area contributed by atoms with E-state index < -0.39 is 16.0 Å². The molecule has 0 aromatic heterocycles. The number of sulfonamides is 1. The summed E-state index contributed by atoms with van der Waals surface area (Å²) >= 11 is 5.75. The van der Waals surface area contributed by atoms with Crippen LogP contribution in [0.5, 0.6) is 0 Å². The van der Waals surface area contributed by atoms with Gasteiger partial charge in [0, 0.05) is 13.6 Å². The van der Waals surface area contributed by atoms with Crippen molar-refractivity contribution in [2.24, 2.45) is 0 Å². The lowest BCUT2D eigenvalue weighted by molar-refractivity contribution is 0.0697.